The van der Waals surface area contributed by atoms with Crippen LogP contribution >= 0.6 is 10.7 Å². The fourth-order valence-corrected chi connectivity index (χ4v) is 2.87. The number of nitrogens with one attached hydrogen (secondary N) is 1. The molecule has 0 aromatic heterocycles. The number of amides is 1. The molecule has 0 unspecified atom stereocenters. The number of hydrogen-bond acceptors (Lipinski definition) is 5. The van der Waals surface area contributed by atoms with Crippen molar-refractivity contribution in [2.75, 3.05) is 13.2 Å². The van der Waals surface area contributed by atoms with Gasteiger partial charge in [0, 0.05) is 22.3 Å². The van der Waals surface area contributed by atoms with Crippen LogP contribution in [0.5, 0.6) is 11.5 Å². The van der Waals surface area contributed by atoms with Crippen molar-refractivity contribution in [3.05, 3.63) is 17.7 Å². The molecule has 0 bridgehead atoms. The molecule has 1 amide bonds. The summed E-state index contributed by atoms with van der Waals surface area (Å²) in [5.41, 5.74) is -0.102. The lowest BCUT2D eigenvalue weighted by molar-refractivity contribution is 0.0924. The van der Waals surface area contributed by atoms with Gasteiger partial charge in [-0.3, -0.25) is 4.79 Å². The van der Waals surface area contributed by atoms with Crippen LogP contribution in [0.25, 0.3) is 0 Å². The number of carbonyl (C=O) groups is 1. The van der Waals surface area contributed by atoms with Crippen LogP contribution in [0.1, 0.15) is 30.1 Å². The highest BCUT2D eigenvalue weighted by Gasteiger charge is 2.39. The average Bonchev–Trinajstić information content (AvgIpc) is 3.13. The Labute approximate surface area is 126 Å². The maximum atomic E-state index is 12.4. The van der Waals surface area contributed by atoms with Gasteiger partial charge in [0.2, 0.25) is 0 Å². The predicted molar refractivity (Wildman–Crippen MR) is 75.6 cm³/mol. The molecule has 2 aliphatic rings. The molecule has 0 spiro atoms. The Bertz CT molecular complexity index is 712. The van der Waals surface area contributed by atoms with Crippen LogP contribution in [0.2, 0.25) is 0 Å². The van der Waals surface area contributed by atoms with E-state index in [2.05, 4.69) is 5.32 Å². The standard InChI is InChI=1S/C13H14ClNO5S/c1-13(2-3-13)15-12(16)9-6-8(21(14,17)18)7-10-11(9)20-5-4-19-10/h6-7H,2-5H2,1H3,(H,15,16). The maximum absolute atomic E-state index is 12.4. The summed E-state index contributed by atoms with van der Waals surface area (Å²) in [6, 6.07) is 2.49. The van der Waals surface area contributed by atoms with E-state index in [9.17, 15) is 13.2 Å². The summed E-state index contributed by atoms with van der Waals surface area (Å²) in [6.07, 6.45) is 1.79. The van der Waals surface area contributed by atoms with Gasteiger partial charge in [-0.15, -0.1) is 0 Å². The fraction of sp³-hybridized carbons (Fsp3) is 0.462. The average molecular weight is 332 g/mol. The second-order valence-electron chi connectivity index (χ2n) is 5.45. The van der Waals surface area contributed by atoms with Crippen LogP contribution in [0, 0.1) is 0 Å². The van der Waals surface area contributed by atoms with Crippen LogP contribution in [0.15, 0.2) is 17.0 Å². The number of hydrogen-bond donors (Lipinski definition) is 1. The number of benzene rings is 1. The van der Waals surface area contributed by atoms with Gasteiger partial charge in [0.25, 0.3) is 15.0 Å². The van der Waals surface area contributed by atoms with E-state index in [1.807, 2.05) is 6.92 Å². The van der Waals surface area contributed by atoms with Crippen LogP contribution in [-0.2, 0) is 9.05 Å². The Balaban J connectivity index is 2.06. The monoisotopic (exact) mass is 331 g/mol. The van der Waals surface area contributed by atoms with Gasteiger partial charge in [0.1, 0.15) is 13.2 Å². The van der Waals surface area contributed by atoms with Crippen LogP contribution < -0.4 is 14.8 Å². The van der Waals surface area contributed by atoms with Crippen molar-refractivity contribution in [3.8, 4) is 11.5 Å². The summed E-state index contributed by atoms with van der Waals surface area (Å²) < 4.78 is 33.9. The Morgan fingerprint density at radius 3 is 2.57 bits per heavy atom. The van der Waals surface area contributed by atoms with Crippen molar-refractivity contribution in [1.82, 2.24) is 5.32 Å². The normalized spacial score (nSPS) is 19.0. The molecule has 1 aromatic carbocycles. The summed E-state index contributed by atoms with van der Waals surface area (Å²) in [6.45, 7) is 2.52. The summed E-state index contributed by atoms with van der Waals surface area (Å²) >= 11 is 0. The molecule has 0 saturated heterocycles. The van der Waals surface area contributed by atoms with Gasteiger partial charge in [0.15, 0.2) is 11.5 Å². The van der Waals surface area contributed by atoms with E-state index in [4.69, 9.17) is 20.2 Å². The topological polar surface area (TPSA) is 81.7 Å². The minimum Gasteiger partial charge on any atom is -0.486 e. The van der Waals surface area contributed by atoms with Gasteiger partial charge >= 0.3 is 0 Å². The molecule has 1 aromatic rings. The summed E-state index contributed by atoms with van der Waals surface area (Å²) in [4.78, 5) is 12.2. The molecule has 1 heterocycles. The van der Waals surface area contributed by atoms with E-state index in [1.165, 1.54) is 12.1 Å². The third-order valence-electron chi connectivity index (χ3n) is 3.56. The zero-order chi connectivity index (χ0) is 15.3. The maximum Gasteiger partial charge on any atom is 0.261 e. The Hall–Kier alpha value is -1.47. The highest BCUT2D eigenvalue weighted by molar-refractivity contribution is 8.13. The van der Waals surface area contributed by atoms with E-state index in [0.29, 0.717) is 6.61 Å². The lowest BCUT2D eigenvalue weighted by atomic mass is 10.1. The quantitative estimate of drug-likeness (QED) is 0.852. The van der Waals surface area contributed by atoms with Gasteiger partial charge in [-0.1, -0.05) is 0 Å². The predicted octanol–water partition coefficient (Wildman–Crippen LogP) is 1.67. The van der Waals surface area contributed by atoms with Gasteiger partial charge in [0.05, 0.1) is 10.5 Å². The van der Waals surface area contributed by atoms with Crippen molar-refractivity contribution in [2.24, 2.45) is 0 Å². The van der Waals surface area contributed by atoms with Gasteiger partial charge < -0.3 is 14.8 Å². The Kier molecular flexibility index (Phi) is 3.29. The second kappa shape index (κ2) is 4.78. The zero-order valence-electron chi connectivity index (χ0n) is 11.3. The van der Waals surface area contributed by atoms with Gasteiger partial charge in [-0.05, 0) is 25.8 Å². The molecule has 1 fully saturated rings. The molecular formula is C13H14ClNO5S. The van der Waals surface area contributed by atoms with Crippen molar-refractivity contribution in [2.45, 2.75) is 30.2 Å². The Morgan fingerprint density at radius 2 is 1.95 bits per heavy atom. The van der Waals surface area contributed by atoms with Crippen molar-refractivity contribution in [1.29, 1.82) is 0 Å². The number of carbonyl (C=O) groups excluding carboxylic acids is 1. The number of rotatable bonds is 3. The van der Waals surface area contributed by atoms with E-state index in [-0.39, 0.29) is 40.0 Å². The SMILES string of the molecule is CC1(NC(=O)c2cc(S(=O)(=O)Cl)cc3c2OCCO3)CC1. The van der Waals surface area contributed by atoms with E-state index in [1.54, 1.807) is 0 Å². The third-order valence-corrected chi connectivity index (χ3v) is 4.89. The van der Waals surface area contributed by atoms with E-state index >= 15 is 0 Å². The third kappa shape index (κ3) is 2.94. The first-order chi connectivity index (χ1) is 9.78. The van der Waals surface area contributed by atoms with Crippen LogP contribution in [0.3, 0.4) is 0 Å². The highest BCUT2D eigenvalue weighted by atomic mass is 35.7. The smallest absolute Gasteiger partial charge is 0.261 e. The van der Waals surface area contributed by atoms with Crippen molar-refractivity contribution >= 4 is 25.6 Å². The summed E-state index contributed by atoms with van der Waals surface area (Å²) in [5.74, 6) is 0.0834. The molecule has 1 aliphatic heterocycles. The van der Waals surface area contributed by atoms with Gasteiger partial charge in [-0.25, -0.2) is 8.42 Å². The molecule has 3 rings (SSSR count). The van der Waals surface area contributed by atoms with Crippen molar-refractivity contribution < 1.29 is 22.7 Å². The first-order valence-corrected chi connectivity index (χ1v) is 8.80. The zero-order valence-corrected chi connectivity index (χ0v) is 12.9. The van der Waals surface area contributed by atoms with E-state index < -0.39 is 9.05 Å². The van der Waals surface area contributed by atoms with Crippen molar-refractivity contribution in [3.63, 3.8) is 0 Å². The fourth-order valence-electron chi connectivity index (χ4n) is 2.09. The highest BCUT2D eigenvalue weighted by Crippen LogP contribution is 2.39. The molecule has 0 atom stereocenters. The lowest BCUT2D eigenvalue weighted by Gasteiger charge is -2.22. The molecule has 8 heteroatoms. The number of ether oxygens (including phenoxy) is 2. The molecule has 114 valence electrons. The number of halogens is 1. The molecule has 1 aliphatic carbocycles. The Morgan fingerprint density at radius 1 is 1.29 bits per heavy atom. The molecule has 21 heavy (non-hydrogen) atoms. The lowest BCUT2D eigenvalue weighted by Crippen LogP contribution is -2.35. The molecule has 6 nitrogen and oxygen atoms in total. The first-order valence-electron chi connectivity index (χ1n) is 6.49. The molecule has 1 saturated carbocycles. The summed E-state index contributed by atoms with van der Waals surface area (Å²) in [5, 5.41) is 2.86. The minimum absolute atomic E-state index is 0.125. The van der Waals surface area contributed by atoms with Crippen LogP contribution in [0.4, 0.5) is 0 Å². The van der Waals surface area contributed by atoms with Gasteiger partial charge in [-0.2, -0.15) is 0 Å². The number of fused-ring (bicyclic) bond motifs is 1. The molecular weight excluding hydrogens is 318 g/mol. The molecule has 1 N–H and O–H groups in total. The van der Waals surface area contributed by atoms with E-state index in [0.717, 1.165) is 12.8 Å². The summed E-state index contributed by atoms with van der Waals surface area (Å²) in [7, 11) is 1.40. The molecule has 0 radical (unpaired) electrons. The van der Waals surface area contributed by atoms with Crippen LogP contribution in [-0.4, -0.2) is 33.1 Å². The second-order valence-corrected chi connectivity index (χ2v) is 8.01. The first kappa shape index (κ1) is 14.5. The largest absolute Gasteiger partial charge is 0.486 e. The minimum atomic E-state index is -3.96.